The number of Topliss-reactive ketones (excluding diaryl/α,β-unsaturated/α-hetero) is 3. The molecule has 0 bridgehead atoms. The molecule has 1 saturated carbocycles. The summed E-state index contributed by atoms with van der Waals surface area (Å²) in [5.41, 5.74) is 2.95. The van der Waals surface area contributed by atoms with E-state index in [4.69, 9.17) is 27.3 Å². The zero-order chi connectivity index (χ0) is 54.6. The number of carbonyl (C=O) groups is 6. The summed E-state index contributed by atoms with van der Waals surface area (Å²) >= 11 is 0. The number of benzene rings is 3. The lowest BCUT2D eigenvalue weighted by molar-refractivity contribution is -0.940. The van der Waals surface area contributed by atoms with Gasteiger partial charge < -0.3 is 34.0 Å². The molecule has 1 aliphatic heterocycles. The van der Waals surface area contributed by atoms with Crippen LogP contribution in [0, 0.1) is 35.0 Å². The van der Waals surface area contributed by atoms with Gasteiger partial charge in [-0.3, -0.25) is 28.8 Å². The Morgan fingerprint density at radius 3 is 1.89 bits per heavy atom. The van der Waals surface area contributed by atoms with Crippen molar-refractivity contribution in [2.45, 2.75) is 125 Å². The van der Waals surface area contributed by atoms with Crippen molar-refractivity contribution in [3.63, 3.8) is 0 Å². The Labute approximate surface area is 439 Å². The number of nitrogens with zero attached hydrogens (tertiary/aromatic N) is 2. The highest BCUT2D eigenvalue weighted by atomic mass is 32.2. The summed E-state index contributed by atoms with van der Waals surface area (Å²) in [6.45, 7) is 16.2. The number of nitrogens with one attached hydrogen (secondary N) is 2. The number of amides is 2. The summed E-state index contributed by atoms with van der Waals surface area (Å²) in [5, 5.41) is 10.1. The van der Waals surface area contributed by atoms with Gasteiger partial charge in [0.25, 0.3) is 0 Å². The van der Waals surface area contributed by atoms with E-state index in [1.807, 2.05) is 107 Å². The molecule has 2 unspecified atom stereocenters. The van der Waals surface area contributed by atoms with Crippen LogP contribution in [0.5, 0.6) is 5.75 Å². The van der Waals surface area contributed by atoms with E-state index in [0.29, 0.717) is 80.6 Å². The van der Waals surface area contributed by atoms with Crippen LogP contribution in [0.4, 0.5) is 0 Å². The molecule has 17 heteroatoms. The van der Waals surface area contributed by atoms with E-state index in [0.717, 1.165) is 29.5 Å². The molecule has 2 amide bonds. The second kappa shape index (κ2) is 28.9. The lowest BCUT2D eigenvalue weighted by Gasteiger charge is -2.41. The van der Waals surface area contributed by atoms with E-state index in [-0.39, 0.29) is 78.7 Å². The number of ether oxygens (including phenoxy) is 2. The number of hydrogen-bond acceptors (Lipinski definition) is 13. The van der Waals surface area contributed by atoms with Gasteiger partial charge in [-0.1, -0.05) is 114 Å². The van der Waals surface area contributed by atoms with Crippen LogP contribution in [0.25, 0.3) is 0 Å². The van der Waals surface area contributed by atoms with Crippen molar-refractivity contribution in [2.24, 2.45) is 40.2 Å². The number of carbonyl (C=O) groups excluding carboxylic acids is 6. The number of ketones is 3. The van der Waals surface area contributed by atoms with Crippen LogP contribution in [-0.4, -0.2) is 117 Å². The van der Waals surface area contributed by atoms with Crippen molar-refractivity contribution in [1.82, 2.24) is 10.6 Å². The zero-order valence-corrected chi connectivity index (χ0v) is 45.7. The first-order valence-electron chi connectivity index (χ1n) is 25.9. The van der Waals surface area contributed by atoms with Crippen molar-refractivity contribution in [1.29, 1.82) is 0 Å². The Kier molecular flexibility index (Phi) is 23.8. The van der Waals surface area contributed by atoms with Crippen LogP contribution in [0.15, 0.2) is 84.0 Å². The van der Waals surface area contributed by atoms with Gasteiger partial charge in [-0.25, -0.2) is 8.42 Å². The van der Waals surface area contributed by atoms with Gasteiger partial charge in [0.05, 0.1) is 47.5 Å². The fourth-order valence-electron chi connectivity index (χ4n) is 9.16. The van der Waals surface area contributed by atoms with E-state index in [9.17, 15) is 28.8 Å². The van der Waals surface area contributed by atoms with E-state index in [1.54, 1.807) is 19.9 Å². The molecule has 1 heterocycles. The minimum absolute atomic E-state index is 0.0266. The SMILES string of the molecule is CO/N=C/c1cc(C[N+]2(CC(=O)C[C@@H](CCc3ccccc3)C(=O)NC(CC(C)C)C(=O)C[C@@H](Cc3ccccc3)C(=O)NC(CC(C)C)C(=O)C3(C)CC3)CCOCC2)ccc1OC(=O)C(C)C.CS(=O)(=O)[O-]. The molecule has 74 heavy (non-hydrogen) atoms. The highest BCUT2D eigenvalue weighted by Crippen LogP contribution is 2.47. The van der Waals surface area contributed by atoms with Gasteiger partial charge in [0.2, 0.25) is 11.8 Å². The van der Waals surface area contributed by atoms with Gasteiger partial charge >= 0.3 is 5.97 Å². The van der Waals surface area contributed by atoms with Crippen molar-refractivity contribution in [3.8, 4) is 5.75 Å². The van der Waals surface area contributed by atoms with Crippen LogP contribution in [0.2, 0.25) is 0 Å². The quantitative estimate of drug-likeness (QED) is 0.0184. The lowest BCUT2D eigenvalue weighted by atomic mass is 9.87. The third kappa shape index (κ3) is 21.3. The Hall–Kier alpha value is -5.62. The standard InChI is InChI=1S/C56H76N4O9.CH4O3S/c1-38(2)29-48(50(62)34-45(31-42-17-13-10-14-18-42)54(65)59-49(30-39(3)4)52(63)56(7)23-24-56)58-53(64)44(21-19-41-15-11-9-12-16-41)33-47(61)37-60(25-27-68-28-26-60)36-43-20-22-51(69-55(66)40(5)6)46(32-43)35-57-67-8;1-5(2,3)4/h9-18,20,22,32,35,38-40,44-45,48-49H,19,21,23-31,33-34,36-37H2,1-8H3,(H-,58,59,64,65);1H3,(H,2,3,4)/b57-35+;/t44-,45-,48?,49?;/m1./s1. The Morgan fingerprint density at radius 2 is 1.34 bits per heavy atom. The monoisotopic (exact) mass is 1040 g/mol. The van der Waals surface area contributed by atoms with Crippen LogP contribution < -0.4 is 15.4 Å². The molecule has 2 N–H and O–H groups in total. The molecule has 1 aliphatic carbocycles. The van der Waals surface area contributed by atoms with Crippen LogP contribution >= 0.6 is 0 Å². The summed E-state index contributed by atoms with van der Waals surface area (Å²) in [7, 11) is -2.48. The van der Waals surface area contributed by atoms with E-state index < -0.39 is 39.5 Å². The van der Waals surface area contributed by atoms with Crippen molar-refractivity contribution in [3.05, 3.63) is 101 Å². The van der Waals surface area contributed by atoms with Gasteiger partial charge in [-0.2, -0.15) is 0 Å². The maximum Gasteiger partial charge on any atom is 0.313 e. The Bertz CT molecular complexity index is 2460. The van der Waals surface area contributed by atoms with Gasteiger partial charge in [0.1, 0.15) is 39.0 Å². The van der Waals surface area contributed by atoms with Gasteiger partial charge in [-0.15, -0.1) is 0 Å². The molecule has 1 saturated heterocycles. The van der Waals surface area contributed by atoms with Crippen LogP contribution in [-0.2, 0) is 67.8 Å². The number of rotatable bonds is 28. The smallest absolute Gasteiger partial charge is 0.313 e. The van der Waals surface area contributed by atoms with Crippen LogP contribution in [0.1, 0.15) is 116 Å². The lowest BCUT2D eigenvalue weighted by Crippen LogP contribution is -2.57. The van der Waals surface area contributed by atoms with Crippen molar-refractivity contribution in [2.75, 3.05) is 46.2 Å². The average Bonchev–Trinajstić information content (AvgIpc) is 4.09. The maximum atomic E-state index is 14.7. The molecule has 2 fully saturated rings. The summed E-state index contributed by atoms with van der Waals surface area (Å²) in [5.74, 6) is -2.69. The summed E-state index contributed by atoms with van der Waals surface area (Å²) in [6.07, 6.45) is 5.62. The number of oxime groups is 1. The summed E-state index contributed by atoms with van der Waals surface area (Å²) in [6, 6.07) is 23.3. The van der Waals surface area contributed by atoms with Crippen molar-refractivity contribution >= 4 is 51.5 Å². The molecule has 0 radical (unpaired) electrons. The molecular formula is C57H80N4O12S. The molecule has 4 atom stereocenters. The second-order valence-electron chi connectivity index (χ2n) is 21.6. The summed E-state index contributed by atoms with van der Waals surface area (Å²) < 4.78 is 39.1. The Morgan fingerprint density at radius 1 is 0.784 bits per heavy atom. The number of quaternary nitrogens is 1. The average molecular weight is 1050 g/mol. The van der Waals surface area contributed by atoms with Gasteiger partial charge in [-0.05, 0) is 86.1 Å². The minimum atomic E-state index is -3.92. The normalized spacial score (nSPS) is 16.6. The molecule has 3 aromatic rings. The second-order valence-corrected chi connectivity index (χ2v) is 23.0. The fourth-order valence-corrected chi connectivity index (χ4v) is 9.16. The van der Waals surface area contributed by atoms with Crippen LogP contribution in [0.3, 0.4) is 0 Å². The number of hydrogen-bond donors (Lipinski definition) is 2. The molecule has 5 rings (SSSR count). The predicted octanol–water partition coefficient (Wildman–Crippen LogP) is 7.19. The zero-order valence-electron chi connectivity index (χ0n) is 44.9. The largest absolute Gasteiger partial charge is 0.748 e. The third-order valence-electron chi connectivity index (χ3n) is 13.5. The van der Waals surface area contributed by atoms with E-state index in [1.165, 1.54) is 13.3 Å². The molecule has 0 spiro atoms. The van der Waals surface area contributed by atoms with E-state index >= 15 is 0 Å². The highest BCUT2D eigenvalue weighted by Gasteiger charge is 2.48. The molecule has 406 valence electrons. The number of esters is 1. The molecule has 16 nitrogen and oxygen atoms in total. The Balaban J connectivity index is 0.00000226. The van der Waals surface area contributed by atoms with Crippen molar-refractivity contribution < 1.29 is 60.5 Å². The highest BCUT2D eigenvalue weighted by molar-refractivity contribution is 7.84. The first kappa shape index (κ1) is 60.9. The first-order valence-corrected chi connectivity index (χ1v) is 27.7. The number of morpholine rings is 1. The molecular weight excluding hydrogens is 965 g/mol. The molecule has 2 aliphatic rings. The van der Waals surface area contributed by atoms with Gasteiger partial charge in [0.15, 0.2) is 17.3 Å². The van der Waals surface area contributed by atoms with E-state index in [2.05, 4.69) is 15.8 Å². The third-order valence-corrected chi connectivity index (χ3v) is 13.5. The molecule has 3 aromatic carbocycles. The summed E-state index contributed by atoms with van der Waals surface area (Å²) in [4.78, 5) is 89.2. The predicted molar refractivity (Wildman–Crippen MR) is 283 cm³/mol. The first-order chi connectivity index (χ1) is 34.9. The minimum Gasteiger partial charge on any atom is -0.748 e. The number of aryl methyl sites for hydroxylation is 1. The molecule has 0 aromatic heterocycles. The maximum absolute atomic E-state index is 14.7. The van der Waals surface area contributed by atoms with Gasteiger partial charge in [0, 0.05) is 47.5 Å². The fraction of sp³-hybridized carbons (Fsp3) is 0.561. The topological polar surface area (TPSA) is 224 Å².